The highest BCUT2D eigenvalue weighted by Gasteiger charge is 2.58. The van der Waals surface area contributed by atoms with E-state index in [1.54, 1.807) is 20.8 Å². The van der Waals surface area contributed by atoms with Crippen molar-refractivity contribution < 1.29 is 38.7 Å². The molecule has 8 heteroatoms. The highest BCUT2D eigenvalue weighted by molar-refractivity contribution is 5.70. The molecule has 2 aliphatic heterocycles. The molecule has 2 aliphatic rings. The summed E-state index contributed by atoms with van der Waals surface area (Å²) in [6, 6.07) is 9.29. The van der Waals surface area contributed by atoms with Gasteiger partial charge in [0.1, 0.15) is 29.5 Å². The topological polar surface area (TPSA) is 104 Å². The molecular formula is C21H30O8. The minimum absolute atomic E-state index is 0.0744. The van der Waals surface area contributed by atoms with Crippen LogP contribution >= 0.6 is 0 Å². The number of aliphatic hydroxyl groups excluding tert-OH is 1. The predicted octanol–water partition coefficient (Wildman–Crippen LogP) is 1.69. The summed E-state index contributed by atoms with van der Waals surface area (Å²) in [5.74, 6) is -0.471. The Morgan fingerprint density at radius 1 is 1.24 bits per heavy atom. The number of fused-ring (bicyclic) bond motifs is 1. The number of hydrogen-bond donors (Lipinski definition) is 2. The van der Waals surface area contributed by atoms with Gasteiger partial charge in [-0.2, -0.15) is 0 Å². The number of methoxy groups -OCH3 is 1. The third kappa shape index (κ3) is 4.96. The summed E-state index contributed by atoms with van der Waals surface area (Å²) in [6.45, 7) is 5.45. The van der Waals surface area contributed by atoms with Crippen molar-refractivity contribution in [3.63, 3.8) is 0 Å². The van der Waals surface area contributed by atoms with Crippen LogP contribution in [0.1, 0.15) is 45.5 Å². The number of rotatable bonds is 5. The van der Waals surface area contributed by atoms with Crippen molar-refractivity contribution in [2.75, 3.05) is 13.7 Å². The first kappa shape index (κ1) is 22.1. The number of hydrogen-bond acceptors (Lipinski definition) is 8. The van der Waals surface area contributed by atoms with Crippen LogP contribution in [0.2, 0.25) is 0 Å². The lowest BCUT2D eigenvalue weighted by Gasteiger charge is -2.52. The van der Waals surface area contributed by atoms with Crippen molar-refractivity contribution in [1.29, 1.82) is 0 Å². The molecule has 0 aliphatic carbocycles. The van der Waals surface area contributed by atoms with Crippen molar-refractivity contribution in [2.45, 2.75) is 75.7 Å². The van der Waals surface area contributed by atoms with Gasteiger partial charge in [0, 0.05) is 19.1 Å². The molecule has 0 radical (unpaired) electrons. The minimum atomic E-state index is -1.78. The standard InChI is InChI=1S/C21H30O8/c1-20(2,3)29-15(22)10-11-21(24)16(23)19(25-4)27-14-12-26-18(28-17(14)21)13-8-6-5-7-9-13/h5-9,14,16-19,23-24H,10-12H2,1-4H3/t14?,16?,17-,18?,19+,21?/m1/s1. The lowest BCUT2D eigenvalue weighted by Crippen LogP contribution is -2.69. The van der Waals surface area contributed by atoms with Gasteiger partial charge in [0.05, 0.1) is 6.61 Å². The molecule has 4 unspecified atom stereocenters. The average molecular weight is 410 g/mol. The third-order valence-electron chi connectivity index (χ3n) is 5.04. The van der Waals surface area contributed by atoms with E-state index in [9.17, 15) is 15.0 Å². The summed E-state index contributed by atoms with van der Waals surface area (Å²) >= 11 is 0. The Balaban J connectivity index is 1.79. The molecule has 6 atom stereocenters. The largest absolute Gasteiger partial charge is 0.460 e. The Morgan fingerprint density at radius 2 is 1.93 bits per heavy atom. The zero-order valence-electron chi connectivity index (χ0n) is 17.2. The molecule has 2 N–H and O–H groups in total. The maximum Gasteiger partial charge on any atom is 0.306 e. The second-order valence-electron chi connectivity index (χ2n) is 8.43. The van der Waals surface area contributed by atoms with Crippen LogP contribution in [0, 0.1) is 0 Å². The molecule has 1 aromatic carbocycles. The first-order chi connectivity index (χ1) is 13.6. The fraction of sp³-hybridized carbons (Fsp3) is 0.667. The minimum Gasteiger partial charge on any atom is -0.460 e. The summed E-state index contributed by atoms with van der Waals surface area (Å²) in [5, 5.41) is 22.2. The van der Waals surface area contributed by atoms with Crippen molar-refractivity contribution in [1.82, 2.24) is 0 Å². The Bertz CT molecular complexity index is 688. The second-order valence-corrected chi connectivity index (χ2v) is 8.43. The molecule has 1 aromatic rings. The van der Waals surface area contributed by atoms with E-state index >= 15 is 0 Å². The van der Waals surface area contributed by atoms with Crippen LogP contribution in [0.5, 0.6) is 0 Å². The summed E-state index contributed by atoms with van der Waals surface area (Å²) in [6.07, 6.45) is -4.94. The number of aliphatic hydroxyl groups is 2. The Hall–Kier alpha value is -1.55. The van der Waals surface area contributed by atoms with Gasteiger partial charge in [-0.15, -0.1) is 0 Å². The summed E-state index contributed by atoms with van der Waals surface area (Å²) < 4.78 is 28.0. The number of carbonyl (C=O) groups excluding carboxylic acids is 1. The third-order valence-corrected chi connectivity index (χ3v) is 5.04. The highest BCUT2D eigenvalue weighted by Crippen LogP contribution is 2.41. The zero-order valence-corrected chi connectivity index (χ0v) is 17.2. The Morgan fingerprint density at radius 3 is 2.55 bits per heavy atom. The number of ether oxygens (including phenoxy) is 5. The molecule has 2 saturated heterocycles. The van der Waals surface area contributed by atoms with Crippen LogP contribution in [0.25, 0.3) is 0 Å². The van der Waals surface area contributed by atoms with E-state index in [2.05, 4.69) is 0 Å². The molecule has 8 nitrogen and oxygen atoms in total. The van der Waals surface area contributed by atoms with E-state index in [0.29, 0.717) is 0 Å². The monoisotopic (exact) mass is 410 g/mol. The van der Waals surface area contributed by atoms with Crippen LogP contribution in [-0.4, -0.2) is 65.7 Å². The van der Waals surface area contributed by atoms with Crippen LogP contribution in [0.3, 0.4) is 0 Å². The van der Waals surface area contributed by atoms with E-state index in [0.717, 1.165) is 5.56 Å². The molecular weight excluding hydrogens is 380 g/mol. The van der Waals surface area contributed by atoms with Gasteiger partial charge >= 0.3 is 5.97 Å². The first-order valence-electron chi connectivity index (χ1n) is 9.76. The average Bonchev–Trinajstić information content (AvgIpc) is 2.68. The van der Waals surface area contributed by atoms with Gasteiger partial charge in [0.2, 0.25) is 0 Å². The summed E-state index contributed by atoms with van der Waals surface area (Å²) in [5.41, 5.74) is -1.64. The fourth-order valence-corrected chi connectivity index (χ4v) is 3.69. The molecule has 0 bridgehead atoms. The smallest absolute Gasteiger partial charge is 0.306 e. The SMILES string of the molecule is CO[C@H]1OC2COC(c3ccccc3)O[C@H]2C(O)(CCC(=O)OC(C)(C)C)C1O. The van der Waals surface area contributed by atoms with E-state index < -0.39 is 48.1 Å². The quantitative estimate of drug-likeness (QED) is 0.707. The van der Waals surface area contributed by atoms with Gasteiger partial charge in [-0.25, -0.2) is 0 Å². The molecule has 162 valence electrons. The lowest BCUT2D eigenvalue weighted by atomic mass is 9.80. The van der Waals surface area contributed by atoms with Crippen LogP contribution < -0.4 is 0 Å². The highest BCUT2D eigenvalue weighted by atomic mass is 16.8. The van der Waals surface area contributed by atoms with Gasteiger partial charge in [-0.1, -0.05) is 30.3 Å². The van der Waals surface area contributed by atoms with E-state index in [4.69, 9.17) is 23.7 Å². The van der Waals surface area contributed by atoms with Crippen LogP contribution in [0.15, 0.2) is 30.3 Å². The van der Waals surface area contributed by atoms with E-state index in [1.165, 1.54) is 7.11 Å². The predicted molar refractivity (Wildman–Crippen MR) is 102 cm³/mol. The lowest BCUT2D eigenvalue weighted by molar-refractivity contribution is -0.384. The zero-order chi connectivity index (χ0) is 21.2. The van der Waals surface area contributed by atoms with Crippen molar-refractivity contribution in [3.8, 4) is 0 Å². The second kappa shape index (κ2) is 8.67. The molecule has 29 heavy (non-hydrogen) atoms. The van der Waals surface area contributed by atoms with Gasteiger partial charge in [0.15, 0.2) is 12.6 Å². The van der Waals surface area contributed by atoms with Crippen molar-refractivity contribution in [3.05, 3.63) is 35.9 Å². The Labute approximate surface area is 170 Å². The molecule has 0 aromatic heterocycles. The molecule has 2 fully saturated rings. The number of benzene rings is 1. The summed E-state index contributed by atoms with van der Waals surface area (Å²) in [4.78, 5) is 12.2. The summed E-state index contributed by atoms with van der Waals surface area (Å²) in [7, 11) is 1.37. The van der Waals surface area contributed by atoms with Gasteiger partial charge in [-0.3, -0.25) is 4.79 Å². The molecule has 0 amide bonds. The number of esters is 1. The van der Waals surface area contributed by atoms with Crippen molar-refractivity contribution in [2.24, 2.45) is 0 Å². The number of carbonyl (C=O) groups is 1. The fourth-order valence-electron chi connectivity index (χ4n) is 3.69. The van der Waals surface area contributed by atoms with E-state index in [-0.39, 0.29) is 19.4 Å². The van der Waals surface area contributed by atoms with Gasteiger partial charge in [-0.05, 0) is 27.2 Å². The normalized spacial score (nSPS) is 35.0. The Kier molecular flexibility index (Phi) is 6.62. The molecule has 0 spiro atoms. The first-order valence-corrected chi connectivity index (χ1v) is 9.76. The maximum atomic E-state index is 12.2. The van der Waals surface area contributed by atoms with Gasteiger partial charge < -0.3 is 33.9 Å². The van der Waals surface area contributed by atoms with E-state index in [1.807, 2.05) is 30.3 Å². The molecule has 2 heterocycles. The van der Waals surface area contributed by atoms with Crippen LogP contribution in [-0.2, 0) is 28.5 Å². The van der Waals surface area contributed by atoms with Crippen LogP contribution in [0.4, 0.5) is 0 Å². The molecule has 3 rings (SSSR count). The molecule has 0 saturated carbocycles. The van der Waals surface area contributed by atoms with Gasteiger partial charge in [0.25, 0.3) is 0 Å². The van der Waals surface area contributed by atoms with Crippen molar-refractivity contribution >= 4 is 5.97 Å². The maximum absolute atomic E-state index is 12.2.